The number of aromatic nitrogens is 1. The lowest BCUT2D eigenvalue weighted by Crippen LogP contribution is -2.11. The van der Waals surface area contributed by atoms with Crippen LogP contribution < -0.4 is 5.73 Å². The number of esters is 1. The first-order chi connectivity index (χ1) is 5.59. The number of nitrogens with two attached hydrogens (primary N) is 1. The monoisotopic (exact) mass is 168 g/mol. The maximum atomic E-state index is 11.2. The fourth-order valence-electron chi connectivity index (χ4n) is 0.806. The summed E-state index contributed by atoms with van der Waals surface area (Å²) in [5, 5.41) is 0. The van der Waals surface area contributed by atoms with E-state index in [9.17, 15) is 4.79 Å². The molecule has 1 aromatic rings. The summed E-state index contributed by atoms with van der Waals surface area (Å²) < 4.78 is 4.92. The molecule has 1 heterocycles. The average molecular weight is 168 g/mol. The molecule has 0 aromatic carbocycles. The predicted molar refractivity (Wildman–Crippen MR) is 45.8 cm³/mol. The van der Waals surface area contributed by atoms with E-state index in [2.05, 4.69) is 4.98 Å². The van der Waals surface area contributed by atoms with Gasteiger partial charge >= 0.3 is 5.97 Å². The van der Waals surface area contributed by atoms with Gasteiger partial charge in [0.2, 0.25) is 0 Å². The molecule has 0 radical (unpaired) electrons. The van der Waals surface area contributed by atoms with Crippen molar-refractivity contribution in [1.82, 2.24) is 4.98 Å². The van der Waals surface area contributed by atoms with Gasteiger partial charge in [0.25, 0.3) is 0 Å². The van der Waals surface area contributed by atoms with Crippen LogP contribution in [0.1, 0.15) is 24.3 Å². The van der Waals surface area contributed by atoms with E-state index in [4.69, 9.17) is 10.5 Å². The normalized spacial score (nSPS) is 10.2. The molecule has 4 nitrogen and oxygen atoms in total. The molecule has 0 unspecified atom stereocenters. The highest BCUT2D eigenvalue weighted by Crippen LogP contribution is 2.06. The largest absolute Gasteiger partial charge is 0.458 e. The van der Waals surface area contributed by atoms with Gasteiger partial charge in [-0.3, -0.25) is 0 Å². The fourth-order valence-corrected chi connectivity index (χ4v) is 0.806. The third-order valence-electron chi connectivity index (χ3n) is 1.27. The number of carbonyl (C=O) groups excluding carboxylic acids is 1. The molecule has 1 aromatic heterocycles. The molecule has 0 saturated heterocycles. The molecule has 0 fully saturated rings. The quantitative estimate of drug-likeness (QED) is 0.651. The molecule has 0 bridgehead atoms. The lowest BCUT2D eigenvalue weighted by atomic mass is 10.4. The number of H-pyrrole nitrogens is 1. The number of rotatable bonds is 2. The lowest BCUT2D eigenvalue weighted by molar-refractivity contribution is 0.0371. The Balaban J connectivity index is 2.65. The second kappa shape index (κ2) is 3.30. The van der Waals surface area contributed by atoms with Crippen LogP contribution in [-0.4, -0.2) is 17.1 Å². The minimum Gasteiger partial charge on any atom is -0.458 e. The van der Waals surface area contributed by atoms with Gasteiger partial charge in [-0.15, -0.1) is 0 Å². The second-order valence-corrected chi connectivity index (χ2v) is 2.80. The van der Waals surface area contributed by atoms with Crippen LogP contribution in [0.25, 0.3) is 0 Å². The third-order valence-corrected chi connectivity index (χ3v) is 1.27. The summed E-state index contributed by atoms with van der Waals surface area (Å²) >= 11 is 0. The fraction of sp³-hybridized carbons (Fsp3) is 0.375. The molecule has 0 atom stereocenters. The number of hydrogen-bond donors (Lipinski definition) is 2. The molecular formula is C8H12N2O2. The van der Waals surface area contributed by atoms with Crippen LogP contribution in [0.2, 0.25) is 0 Å². The molecule has 3 N–H and O–H groups in total. The molecule has 1 rings (SSSR count). The van der Waals surface area contributed by atoms with E-state index < -0.39 is 0 Å². The number of ether oxygens (including phenoxy) is 1. The number of aromatic amines is 1. The zero-order valence-corrected chi connectivity index (χ0v) is 7.13. The van der Waals surface area contributed by atoms with Crippen molar-refractivity contribution >= 4 is 11.7 Å². The average Bonchev–Trinajstić information content (AvgIpc) is 2.34. The summed E-state index contributed by atoms with van der Waals surface area (Å²) in [6.07, 6.45) is 1.44. The minimum atomic E-state index is -0.373. The maximum absolute atomic E-state index is 11.2. The maximum Gasteiger partial charge on any atom is 0.355 e. The molecular weight excluding hydrogens is 156 g/mol. The Bertz CT molecular complexity index is 278. The van der Waals surface area contributed by atoms with Gasteiger partial charge in [0.15, 0.2) is 0 Å². The van der Waals surface area contributed by atoms with Gasteiger partial charge in [-0.05, 0) is 19.9 Å². The van der Waals surface area contributed by atoms with Crippen molar-refractivity contribution in [1.29, 1.82) is 0 Å². The Kier molecular flexibility index (Phi) is 2.38. The summed E-state index contributed by atoms with van der Waals surface area (Å²) in [6, 6.07) is 1.55. The Morgan fingerprint density at radius 3 is 2.75 bits per heavy atom. The van der Waals surface area contributed by atoms with Crippen LogP contribution in [0.15, 0.2) is 12.3 Å². The topological polar surface area (TPSA) is 68.1 Å². The van der Waals surface area contributed by atoms with Gasteiger partial charge < -0.3 is 15.5 Å². The Morgan fingerprint density at radius 1 is 1.67 bits per heavy atom. The Labute approximate surface area is 70.7 Å². The third kappa shape index (κ3) is 2.02. The van der Waals surface area contributed by atoms with E-state index >= 15 is 0 Å². The molecule has 4 heteroatoms. The van der Waals surface area contributed by atoms with Gasteiger partial charge in [0.05, 0.1) is 11.8 Å². The summed E-state index contributed by atoms with van der Waals surface area (Å²) in [7, 11) is 0. The standard InChI is InChI=1S/C8H12N2O2/c1-5(2)12-8(11)7-3-6(9)4-10-7/h3-5,10H,9H2,1-2H3. The molecule has 0 spiro atoms. The van der Waals surface area contributed by atoms with Crippen LogP contribution in [0.4, 0.5) is 5.69 Å². The number of hydrogen-bond acceptors (Lipinski definition) is 3. The molecule has 12 heavy (non-hydrogen) atoms. The van der Waals surface area contributed by atoms with E-state index in [-0.39, 0.29) is 12.1 Å². The number of anilines is 1. The Morgan fingerprint density at radius 2 is 2.33 bits per heavy atom. The number of nitrogens with one attached hydrogen (secondary N) is 1. The molecule has 0 amide bonds. The van der Waals surface area contributed by atoms with E-state index in [1.165, 1.54) is 0 Å². The molecule has 0 aliphatic heterocycles. The van der Waals surface area contributed by atoms with Gasteiger partial charge in [0, 0.05) is 6.20 Å². The first-order valence-electron chi connectivity index (χ1n) is 3.74. The van der Waals surface area contributed by atoms with E-state index in [0.717, 1.165) is 0 Å². The van der Waals surface area contributed by atoms with Gasteiger partial charge in [-0.1, -0.05) is 0 Å². The van der Waals surface area contributed by atoms with E-state index in [1.54, 1.807) is 26.1 Å². The van der Waals surface area contributed by atoms with Crippen LogP contribution in [0.5, 0.6) is 0 Å². The van der Waals surface area contributed by atoms with Crippen molar-refractivity contribution in [3.8, 4) is 0 Å². The molecule has 0 saturated carbocycles. The highest BCUT2D eigenvalue weighted by Gasteiger charge is 2.09. The molecule has 0 aliphatic rings. The van der Waals surface area contributed by atoms with Crippen molar-refractivity contribution in [3.63, 3.8) is 0 Å². The van der Waals surface area contributed by atoms with E-state index in [0.29, 0.717) is 11.4 Å². The van der Waals surface area contributed by atoms with Crippen molar-refractivity contribution in [2.45, 2.75) is 20.0 Å². The summed E-state index contributed by atoms with van der Waals surface area (Å²) in [6.45, 7) is 3.59. The Hall–Kier alpha value is -1.45. The highest BCUT2D eigenvalue weighted by atomic mass is 16.5. The summed E-state index contributed by atoms with van der Waals surface area (Å²) in [4.78, 5) is 13.9. The summed E-state index contributed by atoms with van der Waals surface area (Å²) in [5.41, 5.74) is 6.33. The number of nitrogen functional groups attached to an aromatic ring is 1. The van der Waals surface area contributed by atoms with Gasteiger partial charge in [0.1, 0.15) is 5.69 Å². The van der Waals surface area contributed by atoms with Crippen LogP contribution in [0.3, 0.4) is 0 Å². The van der Waals surface area contributed by atoms with Gasteiger partial charge in [-0.25, -0.2) is 4.79 Å². The van der Waals surface area contributed by atoms with Crippen LogP contribution in [0, 0.1) is 0 Å². The van der Waals surface area contributed by atoms with Crippen LogP contribution in [-0.2, 0) is 4.74 Å². The molecule has 66 valence electrons. The zero-order chi connectivity index (χ0) is 9.14. The lowest BCUT2D eigenvalue weighted by Gasteiger charge is -2.05. The first-order valence-corrected chi connectivity index (χ1v) is 3.74. The SMILES string of the molecule is CC(C)OC(=O)c1cc(N)c[nH]1. The highest BCUT2D eigenvalue weighted by molar-refractivity contribution is 5.88. The smallest absolute Gasteiger partial charge is 0.355 e. The van der Waals surface area contributed by atoms with E-state index in [1.807, 2.05) is 0 Å². The van der Waals surface area contributed by atoms with Crippen molar-refractivity contribution in [2.75, 3.05) is 5.73 Å². The predicted octanol–water partition coefficient (Wildman–Crippen LogP) is 1.16. The van der Waals surface area contributed by atoms with Crippen LogP contribution >= 0.6 is 0 Å². The number of carbonyl (C=O) groups is 1. The first kappa shape index (κ1) is 8.64. The van der Waals surface area contributed by atoms with Crippen molar-refractivity contribution in [2.24, 2.45) is 0 Å². The summed E-state index contributed by atoms with van der Waals surface area (Å²) in [5.74, 6) is -0.373. The second-order valence-electron chi connectivity index (χ2n) is 2.80. The van der Waals surface area contributed by atoms with Crippen molar-refractivity contribution in [3.05, 3.63) is 18.0 Å². The van der Waals surface area contributed by atoms with Gasteiger partial charge in [-0.2, -0.15) is 0 Å². The van der Waals surface area contributed by atoms with Crippen molar-refractivity contribution < 1.29 is 9.53 Å². The zero-order valence-electron chi connectivity index (χ0n) is 7.13. The minimum absolute atomic E-state index is 0.109. The molecule has 0 aliphatic carbocycles.